The minimum absolute atomic E-state index is 0.187. The predicted molar refractivity (Wildman–Crippen MR) is 63.7 cm³/mol. The molecule has 0 fully saturated rings. The maximum atomic E-state index is 11.4. The maximum Gasteiger partial charge on any atom is 0.320 e. The van der Waals surface area contributed by atoms with E-state index >= 15 is 0 Å². The molecule has 0 spiro atoms. The predicted octanol–water partition coefficient (Wildman–Crippen LogP) is 1.51. The van der Waals surface area contributed by atoms with Crippen molar-refractivity contribution in [3.05, 3.63) is 11.8 Å². The van der Waals surface area contributed by atoms with Crippen LogP contribution in [-0.2, 0) is 0 Å². The van der Waals surface area contributed by atoms with Gasteiger partial charge in [-0.2, -0.15) is 0 Å². The van der Waals surface area contributed by atoms with Gasteiger partial charge in [0.25, 0.3) is 0 Å². The van der Waals surface area contributed by atoms with Crippen LogP contribution in [0.2, 0.25) is 0 Å². The molecule has 3 N–H and O–H groups in total. The Balaban J connectivity index is 2.36. The van der Waals surface area contributed by atoms with Crippen LogP contribution in [0.5, 0.6) is 0 Å². The van der Waals surface area contributed by atoms with E-state index in [0.717, 1.165) is 0 Å². The number of amides is 2. The second-order valence-electron chi connectivity index (χ2n) is 5.04. The largest absolute Gasteiger partial charge is 0.391 e. The summed E-state index contributed by atoms with van der Waals surface area (Å²) in [5.74, 6) is 0.972. The van der Waals surface area contributed by atoms with Crippen LogP contribution >= 0.6 is 0 Å². The molecule has 0 saturated carbocycles. The van der Waals surface area contributed by atoms with Crippen LogP contribution in [0.15, 0.2) is 10.6 Å². The molecule has 0 saturated heterocycles. The van der Waals surface area contributed by atoms with Crippen molar-refractivity contribution in [3.8, 4) is 0 Å². The zero-order valence-corrected chi connectivity index (χ0v) is 10.6. The Bertz CT molecular complexity index is 382. The van der Waals surface area contributed by atoms with Crippen molar-refractivity contribution in [1.82, 2.24) is 10.5 Å². The summed E-state index contributed by atoms with van der Waals surface area (Å²) in [5.41, 5.74) is -0.266. The molecule has 0 bridgehead atoms. The average molecular weight is 241 g/mol. The van der Waals surface area contributed by atoms with Gasteiger partial charge < -0.3 is 14.9 Å². The minimum atomic E-state index is -0.604. The van der Waals surface area contributed by atoms with Gasteiger partial charge >= 0.3 is 6.03 Å². The third-order valence-electron chi connectivity index (χ3n) is 2.33. The van der Waals surface area contributed by atoms with Crippen molar-refractivity contribution in [1.29, 1.82) is 0 Å². The monoisotopic (exact) mass is 241 g/mol. The summed E-state index contributed by atoms with van der Waals surface area (Å²) < 4.78 is 4.80. The highest BCUT2D eigenvalue weighted by molar-refractivity contribution is 5.88. The number of hydrogen-bond acceptors (Lipinski definition) is 4. The molecule has 6 nitrogen and oxygen atoms in total. The summed E-state index contributed by atoms with van der Waals surface area (Å²) in [6, 6.07) is 1.20. The number of aryl methyl sites for hydroxylation is 1. The topological polar surface area (TPSA) is 87.4 Å². The summed E-state index contributed by atoms with van der Waals surface area (Å²) in [5, 5.41) is 18.4. The second kappa shape index (κ2) is 5.18. The van der Waals surface area contributed by atoms with Gasteiger partial charge in [0.1, 0.15) is 5.76 Å². The summed E-state index contributed by atoms with van der Waals surface area (Å²) in [4.78, 5) is 11.4. The maximum absolute atomic E-state index is 11.4. The molecule has 17 heavy (non-hydrogen) atoms. The molecule has 0 aliphatic rings. The lowest BCUT2D eigenvalue weighted by Crippen LogP contribution is -2.40. The van der Waals surface area contributed by atoms with Crippen LogP contribution in [0.25, 0.3) is 0 Å². The first-order valence-corrected chi connectivity index (χ1v) is 5.45. The fourth-order valence-electron chi connectivity index (χ4n) is 1.08. The highest BCUT2D eigenvalue weighted by Crippen LogP contribution is 2.18. The van der Waals surface area contributed by atoms with E-state index in [1.54, 1.807) is 13.0 Å². The lowest BCUT2D eigenvalue weighted by molar-refractivity contribution is 0.0654. The number of nitrogens with one attached hydrogen (secondary N) is 2. The van der Waals surface area contributed by atoms with Gasteiger partial charge in [0.15, 0.2) is 5.82 Å². The number of rotatable bonds is 3. The van der Waals surface area contributed by atoms with Crippen molar-refractivity contribution >= 4 is 11.8 Å². The third-order valence-corrected chi connectivity index (χ3v) is 2.33. The molecule has 6 heteroatoms. The Labute approximate surface area is 100 Å². The molecule has 0 radical (unpaired) electrons. The first kappa shape index (κ1) is 13.5. The summed E-state index contributed by atoms with van der Waals surface area (Å²) in [6.07, 6.45) is -0.604. The Morgan fingerprint density at radius 1 is 1.59 bits per heavy atom. The summed E-state index contributed by atoms with van der Waals surface area (Å²) in [7, 11) is 0. The lowest BCUT2D eigenvalue weighted by Gasteiger charge is -2.25. The SMILES string of the molecule is Cc1cc(NC(=O)NCC(O)C(C)(C)C)no1. The molecule has 1 rings (SSSR count). The van der Waals surface area contributed by atoms with Crippen LogP contribution in [0.4, 0.5) is 10.6 Å². The van der Waals surface area contributed by atoms with Gasteiger partial charge in [-0.25, -0.2) is 4.79 Å². The van der Waals surface area contributed by atoms with Crippen LogP contribution in [0.3, 0.4) is 0 Å². The van der Waals surface area contributed by atoms with E-state index in [4.69, 9.17) is 4.52 Å². The van der Waals surface area contributed by atoms with Crippen molar-refractivity contribution < 1.29 is 14.4 Å². The number of urea groups is 1. The first-order chi connectivity index (χ1) is 7.79. The molecule has 1 aromatic rings. The standard InChI is InChI=1S/C11H19N3O3/c1-7-5-9(14-17-7)13-10(16)12-6-8(15)11(2,3)4/h5,8,15H,6H2,1-4H3,(H2,12,13,14,16). The quantitative estimate of drug-likeness (QED) is 0.748. The minimum Gasteiger partial charge on any atom is -0.391 e. The van der Waals surface area contributed by atoms with Crippen LogP contribution in [0, 0.1) is 12.3 Å². The fraction of sp³-hybridized carbons (Fsp3) is 0.636. The highest BCUT2D eigenvalue weighted by atomic mass is 16.5. The van der Waals surface area contributed by atoms with Crippen LogP contribution < -0.4 is 10.6 Å². The fourth-order valence-corrected chi connectivity index (χ4v) is 1.08. The van der Waals surface area contributed by atoms with E-state index in [2.05, 4.69) is 15.8 Å². The number of aliphatic hydroxyl groups excluding tert-OH is 1. The van der Waals surface area contributed by atoms with Gasteiger partial charge in [-0.1, -0.05) is 25.9 Å². The molecular formula is C11H19N3O3. The second-order valence-corrected chi connectivity index (χ2v) is 5.04. The average Bonchev–Trinajstić information content (AvgIpc) is 2.58. The van der Waals surface area contributed by atoms with Crippen LogP contribution in [-0.4, -0.2) is 28.9 Å². The molecule has 0 aliphatic carbocycles. The number of anilines is 1. The molecule has 2 amide bonds. The number of aromatic nitrogens is 1. The van der Waals surface area contributed by atoms with E-state index < -0.39 is 12.1 Å². The molecule has 1 aromatic heterocycles. The first-order valence-electron chi connectivity index (χ1n) is 5.45. The molecule has 0 aliphatic heterocycles. The number of carbonyl (C=O) groups excluding carboxylic acids is 1. The normalized spacial score (nSPS) is 13.2. The highest BCUT2D eigenvalue weighted by Gasteiger charge is 2.22. The van der Waals surface area contributed by atoms with E-state index in [0.29, 0.717) is 11.6 Å². The van der Waals surface area contributed by atoms with Gasteiger partial charge in [0.2, 0.25) is 0 Å². The molecule has 1 unspecified atom stereocenters. The van der Waals surface area contributed by atoms with Gasteiger partial charge in [0.05, 0.1) is 6.10 Å². The van der Waals surface area contributed by atoms with Gasteiger partial charge in [-0.05, 0) is 12.3 Å². The Kier molecular flexibility index (Phi) is 4.11. The van der Waals surface area contributed by atoms with Crippen molar-refractivity contribution in [2.75, 3.05) is 11.9 Å². The molecular weight excluding hydrogens is 222 g/mol. The number of hydrogen-bond donors (Lipinski definition) is 3. The molecule has 0 aromatic carbocycles. The van der Waals surface area contributed by atoms with E-state index in [9.17, 15) is 9.90 Å². The zero-order valence-electron chi connectivity index (χ0n) is 10.6. The smallest absolute Gasteiger partial charge is 0.320 e. The van der Waals surface area contributed by atoms with E-state index in [1.807, 2.05) is 20.8 Å². The Morgan fingerprint density at radius 2 is 2.24 bits per heavy atom. The van der Waals surface area contributed by atoms with E-state index in [1.165, 1.54) is 0 Å². The van der Waals surface area contributed by atoms with Gasteiger partial charge in [0, 0.05) is 12.6 Å². The van der Waals surface area contributed by atoms with Gasteiger partial charge in [-0.3, -0.25) is 5.32 Å². The molecule has 1 heterocycles. The van der Waals surface area contributed by atoms with E-state index in [-0.39, 0.29) is 12.0 Å². The Hall–Kier alpha value is -1.56. The third kappa shape index (κ3) is 4.44. The van der Waals surface area contributed by atoms with Crippen molar-refractivity contribution in [3.63, 3.8) is 0 Å². The van der Waals surface area contributed by atoms with Crippen molar-refractivity contribution in [2.24, 2.45) is 5.41 Å². The zero-order chi connectivity index (χ0) is 13.1. The van der Waals surface area contributed by atoms with Gasteiger partial charge in [-0.15, -0.1) is 0 Å². The summed E-state index contributed by atoms with van der Waals surface area (Å²) >= 11 is 0. The van der Waals surface area contributed by atoms with Crippen LogP contribution in [0.1, 0.15) is 26.5 Å². The summed E-state index contributed by atoms with van der Waals surface area (Å²) in [6.45, 7) is 7.63. The molecule has 1 atom stereocenters. The lowest BCUT2D eigenvalue weighted by atomic mass is 9.89. The number of carbonyl (C=O) groups is 1. The number of aliphatic hydroxyl groups is 1. The van der Waals surface area contributed by atoms with Crippen molar-refractivity contribution in [2.45, 2.75) is 33.8 Å². The molecule has 96 valence electrons. The number of nitrogens with zero attached hydrogens (tertiary/aromatic N) is 1. The Morgan fingerprint density at radius 3 is 2.71 bits per heavy atom.